The lowest BCUT2D eigenvalue weighted by atomic mass is 9.73. The first-order chi connectivity index (χ1) is 17.8. The number of fused-ring (bicyclic) bond motifs is 2. The normalized spacial score (nSPS) is 24.6. The maximum Gasteiger partial charge on any atom is 0.240 e. The molecule has 9 heteroatoms. The van der Waals surface area contributed by atoms with E-state index in [0.717, 1.165) is 11.8 Å². The number of carbonyl (C=O) groups is 2. The van der Waals surface area contributed by atoms with Crippen LogP contribution < -0.4 is 24.8 Å². The highest BCUT2D eigenvalue weighted by Crippen LogP contribution is 2.56. The highest BCUT2D eigenvalue weighted by molar-refractivity contribution is 6.13. The van der Waals surface area contributed by atoms with Gasteiger partial charge in [0.2, 0.25) is 11.8 Å². The van der Waals surface area contributed by atoms with E-state index in [-0.39, 0.29) is 17.4 Å². The van der Waals surface area contributed by atoms with Gasteiger partial charge in [0.1, 0.15) is 16.9 Å². The van der Waals surface area contributed by atoms with Crippen LogP contribution in [-0.4, -0.2) is 47.3 Å². The number of rotatable bonds is 8. The van der Waals surface area contributed by atoms with Crippen LogP contribution in [0.1, 0.15) is 38.5 Å². The molecule has 1 aromatic heterocycles. The molecule has 192 valence electrons. The lowest BCUT2D eigenvalue weighted by molar-refractivity contribution is -0.138. The van der Waals surface area contributed by atoms with Crippen molar-refractivity contribution in [2.45, 2.75) is 49.7 Å². The van der Waals surface area contributed by atoms with Crippen LogP contribution in [0, 0.1) is 5.41 Å². The molecular weight excluding hydrogens is 474 g/mol. The van der Waals surface area contributed by atoms with Gasteiger partial charge in [-0.15, -0.1) is 0 Å². The molecule has 0 aliphatic heterocycles. The summed E-state index contributed by atoms with van der Waals surface area (Å²) in [5, 5.41) is 17.0. The fourth-order valence-electron chi connectivity index (χ4n) is 5.75. The zero-order chi connectivity index (χ0) is 25.8. The maximum atomic E-state index is 13.0. The van der Waals surface area contributed by atoms with E-state index in [4.69, 9.17) is 14.2 Å². The quantitative estimate of drug-likeness (QED) is 0.399. The molecule has 3 aromatic rings. The van der Waals surface area contributed by atoms with Crippen LogP contribution in [-0.2, 0) is 9.59 Å². The fourth-order valence-corrected chi connectivity index (χ4v) is 5.75. The van der Waals surface area contributed by atoms with Crippen molar-refractivity contribution < 1.29 is 28.9 Å². The molecule has 37 heavy (non-hydrogen) atoms. The number of amides is 2. The van der Waals surface area contributed by atoms with Crippen molar-refractivity contribution in [3.63, 3.8) is 0 Å². The molecule has 1 heterocycles. The Morgan fingerprint density at radius 3 is 2.22 bits per heavy atom. The molecule has 0 spiro atoms. The standard InChI is InChI=1S/C28H29N3O6/c1-35-22-13-19-20(14-23(22)36-2)29-12-7-21(19)37-18-5-3-17(4-6-18)30-24(32)28(10-11-28)25(33)31-26-8-9-27(34,15-26)16-26/h3-7,12-14,34H,8-11,15-16H2,1-2H3,(H,30,32)(H,31,33). The summed E-state index contributed by atoms with van der Waals surface area (Å²) in [4.78, 5) is 30.4. The number of hydrogen-bond donors (Lipinski definition) is 3. The van der Waals surface area contributed by atoms with Gasteiger partial charge in [-0.3, -0.25) is 14.6 Å². The van der Waals surface area contributed by atoms with Crippen LogP contribution in [0.15, 0.2) is 48.7 Å². The third-order valence-electron chi connectivity index (χ3n) is 7.95. The minimum atomic E-state index is -1.03. The number of anilines is 1. The first-order valence-corrected chi connectivity index (χ1v) is 12.4. The van der Waals surface area contributed by atoms with Crippen LogP contribution in [0.2, 0.25) is 0 Å². The number of nitrogens with zero attached hydrogens (tertiary/aromatic N) is 1. The Morgan fingerprint density at radius 2 is 1.59 bits per heavy atom. The van der Waals surface area contributed by atoms with Gasteiger partial charge in [0, 0.05) is 28.9 Å². The SMILES string of the molecule is COc1cc2nccc(Oc3ccc(NC(=O)C4(C(=O)NC56CCC(O)(C5)C6)CC4)cc3)c2cc1OC. The molecule has 4 aliphatic rings. The van der Waals surface area contributed by atoms with E-state index in [1.54, 1.807) is 56.8 Å². The van der Waals surface area contributed by atoms with E-state index in [1.807, 2.05) is 6.07 Å². The first kappa shape index (κ1) is 23.5. The van der Waals surface area contributed by atoms with E-state index < -0.39 is 11.0 Å². The molecular formula is C28H29N3O6. The Morgan fingerprint density at radius 1 is 0.892 bits per heavy atom. The molecule has 0 radical (unpaired) electrons. The highest BCUT2D eigenvalue weighted by Gasteiger charge is 2.64. The van der Waals surface area contributed by atoms with Crippen molar-refractivity contribution in [1.29, 1.82) is 0 Å². The summed E-state index contributed by atoms with van der Waals surface area (Å²) in [5.41, 5.74) is -0.712. The number of methoxy groups -OCH3 is 2. The second kappa shape index (κ2) is 8.34. The second-order valence-electron chi connectivity index (χ2n) is 10.5. The molecule has 4 fully saturated rings. The van der Waals surface area contributed by atoms with Crippen molar-refractivity contribution in [1.82, 2.24) is 10.3 Å². The van der Waals surface area contributed by atoms with E-state index >= 15 is 0 Å². The zero-order valence-electron chi connectivity index (χ0n) is 20.8. The van der Waals surface area contributed by atoms with Crippen LogP contribution in [0.5, 0.6) is 23.0 Å². The average Bonchev–Trinajstić information content (AvgIpc) is 3.56. The number of ether oxygens (including phenoxy) is 3. The van der Waals surface area contributed by atoms with Crippen LogP contribution in [0.25, 0.3) is 10.9 Å². The Bertz CT molecular complexity index is 1390. The molecule has 4 aliphatic carbocycles. The average molecular weight is 504 g/mol. The maximum absolute atomic E-state index is 13.0. The van der Waals surface area contributed by atoms with Gasteiger partial charge in [-0.1, -0.05) is 0 Å². The van der Waals surface area contributed by atoms with Gasteiger partial charge < -0.3 is 30.0 Å². The Labute approximate surface area is 214 Å². The van der Waals surface area contributed by atoms with Crippen molar-refractivity contribution >= 4 is 28.4 Å². The lowest BCUT2D eigenvalue weighted by Crippen LogP contribution is -2.60. The number of hydrogen-bond acceptors (Lipinski definition) is 7. The molecule has 2 aromatic carbocycles. The molecule has 2 amide bonds. The number of pyridine rings is 1. The van der Waals surface area contributed by atoms with E-state index in [9.17, 15) is 14.7 Å². The third-order valence-corrected chi connectivity index (χ3v) is 7.95. The fraction of sp³-hybridized carbons (Fsp3) is 0.393. The van der Waals surface area contributed by atoms with Crippen molar-refractivity contribution in [3.8, 4) is 23.0 Å². The molecule has 9 nitrogen and oxygen atoms in total. The Hall–Kier alpha value is -3.85. The van der Waals surface area contributed by atoms with Gasteiger partial charge in [0.25, 0.3) is 0 Å². The Kier molecular flexibility index (Phi) is 5.31. The monoisotopic (exact) mass is 503 g/mol. The smallest absolute Gasteiger partial charge is 0.240 e. The molecule has 7 rings (SSSR count). The molecule has 0 atom stereocenters. The number of carbonyl (C=O) groups excluding carboxylic acids is 2. The number of aromatic nitrogens is 1. The lowest BCUT2D eigenvalue weighted by Gasteiger charge is -2.45. The minimum absolute atomic E-state index is 0.231. The zero-order valence-corrected chi connectivity index (χ0v) is 20.8. The van der Waals surface area contributed by atoms with Crippen molar-refractivity contribution in [2.75, 3.05) is 19.5 Å². The summed E-state index contributed by atoms with van der Waals surface area (Å²) in [6.45, 7) is 0. The van der Waals surface area contributed by atoms with E-state index in [2.05, 4.69) is 15.6 Å². The van der Waals surface area contributed by atoms with Crippen molar-refractivity contribution in [2.24, 2.45) is 5.41 Å². The van der Waals surface area contributed by atoms with Gasteiger partial charge in [0.15, 0.2) is 11.5 Å². The van der Waals surface area contributed by atoms with Crippen LogP contribution in [0.4, 0.5) is 5.69 Å². The Balaban J connectivity index is 1.13. The van der Waals surface area contributed by atoms with Crippen LogP contribution >= 0.6 is 0 Å². The molecule has 2 bridgehead atoms. The largest absolute Gasteiger partial charge is 0.493 e. The molecule has 0 unspecified atom stereocenters. The summed E-state index contributed by atoms with van der Waals surface area (Å²) in [7, 11) is 3.15. The van der Waals surface area contributed by atoms with E-state index in [0.29, 0.717) is 66.3 Å². The predicted octanol–water partition coefficient (Wildman–Crippen LogP) is 3.94. The molecule has 3 N–H and O–H groups in total. The van der Waals surface area contributed by atoms with E-state index in [1.165, 1.54) is 0 Å². The first-order valence-electron chi connectivity index (χ1n) is 12.4. The molecule has 0 saturated heterocycles. The van der Waals surface area contributed by atoms with Crippen LogP contribution in [0.3, 0.4) is 0 Å². The minimum Gasteiger partial charge on any atom is -0.493 e. The van der Waals surface area contributed by atoms with Gasteiger partial charge in [-0.25, -0.2) is 0 Å². The number of aliphatic hydroxyl groups is 1. The van der Waals surface area contributed by atoms with Gasteiger partial charge in [-0.05, 0) is 74.9 Å². The van der Waals surface area contributed by atoms with Crippen molar-refractivity contribution in [3.05, 3.63) is 48.7 Å². The highest BCUT2D eigenvalue weighted by atomic mass is 16.5. The van der Waals surface area contributed by atoms with Gasteiger partial charge in [-0.2, -0.15) is 0 Å². The summed E-state index contributed by atoms with van der Waals surface area (Å²) in [5.74, 6) is 1.81. The van der Waals surface area contributed by atoms with Gasteiger partial charge in [0.05, 0.1) is 25.3 Å². The summed E-state index contributed by atoms with van der Waals surface area (Å²) < 4.78 is 16.9. The second-order valence-corrected chi connectivity index (χ2v) is 10.5. The number of nitrogens with one attached hydrogen (secondary N) is 2. The predicted molar refractivity (Wildman–Crippen MR) is 136 cm³/mol. The summed E-state index contributed by atoms with van der Waals surface area (Å²) in [6.07, 6.45) is 5.34. The van der Waals surface area contributed by atoms with Gasteiger partial charge >= 0.3 is 0 Å². The molecule has 4 saturated carbocycles. The topological polar surface area (TPSA) is 119 Å². The third kappa shape index (κ3) is 4.03. The number of benzene rings is 2. The summed E-state index contributed by atoms with van der Waals surface area (Å²) >= 11 is 0. The summed E-state index contributed by atoms with van der Waals surface area (Å²) in [6, 6.07) is 12.4.